The Morgan fingerprint density at radius 2 is 1.76 bits per heavy atom. The molecule has 1 N–H and O–H groups in total. The fourth-order valence-electron chi connectivity index (χ4n) is 3.24. The third-order valence-corrected chi connectivity index (χ3v) is 7.81. The van der Waals surface area contributed by atoms with Crippen molar-refractivity contribution in [3.63, 3.8) is 0 Å². The molecule has 0 radical (unpaired) electrons. The van der Waals surface area contributed by atoms with Crippen molar-refractivity contribution in [2.75, 3.05) is 19.0 Å². The number of nitrogens with one attached hydrogen (secondary N) is 1. The minimum absolute atomic E-state index is 0.0404. The van der Waals surface area contributed by atoms with Crippen molar-refractivity contribution in [2.24, 2.45) is 0 Å². The van der Waals surface area contributed by atoms with Crippen LogP contribution in [-0.4, -0.2) is 44.0 Å². The summed E-state index contributed by atoms with van der Waals surface area (Å²) in [4.78, 5) is 38.4. The van der Waals surface area contributed by atoms with E-state index in [1.807, 2.05) is 0 Å². The quantitative estimate of drug-likeness (QED) is 0.285. The minimum atomic E-state index is -4.10. The molecule has 0 unspecified atom stereocenters. The van der Waals surface area contributed by atoms with E-state index >= 15 is 0 Å². The van der Waals surface area contributed by atoms with Crippen molar-refractivity contribution in [3.8, 4) is 11.5 Å². The van der Waals surface area contributed by atoms with E-state index in [0.29, 0.717) is 33.2 Å². The summed E-state index contributed by atoms with van der Waals surface area (Å²) in [6, 6.07) is 19.0. The fourth-order valence-corrected chi connectivity index (χ4v) is 5.61. The Hall–Kier alpha value is -3.61. The maximum atomic E-state index is 12.8. The van der Waals surface area contributed by atoms with Crippen molar-refractivity contribution in [1.29, 1.82) is 0 Å². The molecule has 1 aliphatic rings. The highest BCUT2D eigenvalue weighted by Crippen LogP contribution is 2.34. The van der Waals surface area contributed by atoms with Gasteiger partial charge in [0.2, 0.25) is 5.91 Å². The molecular formula is C25H19BrN2O7S2. The van der Waals surface area contributed by atoms with Crippen LogP contribution in [0.3, 0.4) is 0 Å². The lowest BCUT2D eigenvalue weighted by Gasteiger charge is -2.12. The zero-order valence-corrected chi connectivity index (χ0v) is 22.4. The lowest BCUT2D eigenvalue weighted by Crippen LogP contribution is -2.36. The van der Waals surface area contributed by atoms with Crippen molar-refractivity contribution in [1.82, 2.24) is 4.90 Å². The van der Waals surface area contributed by atoms with Gasteiger partial charge in [-0.25, -0.2) is 0 Å². The third kappa shape index (κ3) is 6.40. The van der Waals surface area contributed by atoms with Crippen LogP contribution >= 0.6 is 27.7 Å². The summed E-state index contributed by atoms with van der Waals surface area (Å²) in [7, 11) is -2.63. The number of nitrogens with zero attached hydrogens (tertiary/aromatic N) is 1. The monoisotopic (exact) mass is 602 g/mol. The van der Waals surface area contributed by atoms with Crippen LogP contribution in [0.15, 0.2) is 87.1 Å². The number of thioether (sulfide) groups is 1. The van der Waals surface area contributed by atoms with Crippen molar-refractivity contribution < 1.29 is 31.7 Å². The van der Waals surface area contributed by atoms with E-state index in [1.165, 1.54) is 43.5 Å². The van der Waals surface area contributed by atoms with Crippen molar-refractivity contribution in [2.45, 2.75) is 4.90 Å². The largest absolute Gasteiger partial charge is 0.497 e. The van der Waals surface area contributed by atoms with Gasteiger partial charge < -0.3 is 14.2 Å². The summed E-state index contributed by atoms with van der Waals surface area (Å²) in [6.45, 7) is -0.420. The first-order valence-corrected chi connectivity index (χ1v) is 13.7. The molecule has 4 rings (SSSR count). The standard InChI is InChI=1S/C25H19BrN2O7S2/c1-34-18-8-10-19(11-9-18)37(32,33)35-21-12-7-16(13-20(21)26)14-22-24(30)28(25(31)36-22)15-23(29)27-17-5-3-2-4-6-17/h2-14H,15H2,1H3,(H,27,29)/b22-14-. The van der Waals surface area contributed by atoms with E-state index in [1.54, 1.807) is 42.5 Å². The van der Waals surface area contributed by atoms with Crippen molar-refractivity contribution >= 4 is 66.6 Å². The molecule has 0 atom stereocenters. The van der Waals surface area contributed by atoms with Gasteiger partial charge in [-0.1, -0.05) is 24.3 Å². The number of halogens is 1. The third-order valence-electron chi connectivity index (χ3n) is 5.03. The number of hydrogen-bond acceptors (Lipinski definition) is 8. The Labute approximate surface area is 225 Å². The van der Waals surface area contributed by atoms with Gasteiger partial charge in [0.05, 0.1) is 16.5 Å². The van der Waals surface area contributed by atoms with Gasteiger partial charge in [-0.05, 0) is 87.9 Å². The highest BCUT2D eigenvalue weighted by Gasteiger charge is 2.36. The lowest BCUT2D eigenvalue weighted by molar-refractivity contribution is -0.127. The number of ether oxygens (including phenoxy) is 1. The number of anilines is 1. The van der Waals surface area contributed by atoms with Crippen LogP contribution in [-0.2, 0) is 19.7 Å². The number of rotatable bonds is 8. The van der Waals surface area contributed by atoms with Crippen LogP contribution in [0.4, 0.5) is 10.5 Å². The van der Waals surface area contributed by atoms with E-state index in [9.17, 15) is 22.8 Å². The molecule has 0 saturated carbocycles. The number of imide groups is 1. The summed E-state index contributed by atoms with van der Waals surface area (Å²) in [6.07, 6.45) is 1.48. The van der Waals surface area contributed by atoms with Gasteiger partial charge in [0.25, 0.3) is 11.1 Å². The molecule has 3 aromatic rings. The topological polar surface area (TPSA) is 119 Å². The predicted octanol–water partition coefficient (Wildman–Crippen LogP) is 4.90. The van der Waals surface area contributed by atoms with Gasteiger partial charge in [-0.3, -0.25) is 19.3 Å². The van der Waals surface area contributed by atoms with Gasteiger partial charge in [0.1, 0.15) is 17.2 Å². The molecular weight excluding hydrogens is 584 g/mol. The molecule has 37 heavy (non-hydrogen) atoms. The Bertz CT molecular complexity index is 1490. The van der Waals surface area contributed by atoms with Gasteiger partial charge in [0, 0.05) is 5.69 Å². The molecule has 190 valence electrons. The summed E-state index contributed by atoms with van der Waals surface area (Å²) in [5.41, 5.74) is 1.07. The van der Waals surface area contributed by atoms with Gasteiger partial charge >= 0.3 is 10.1 Å². The second kappa shape index (κ2) is 11.2. The number of carbonyl (C=O) groups excluding carboxylic acids is 3. The molecule has 1 heterocycles. The second-order valence-electron chi connectivity index (χ2n) is 7.58. The Kier molecular flexibility index (Phi) is 8.00. The fraction of sp³-hybridized carbons (Fsp3) is 0.0800. The zero-order valence-electron chi connectivity index (χ0n) is 19.2. The minimum Gasteiger partial charge on any atom is -0.497 e. The maximum Gasteiger partial charge on any atom is 0.339 e. The predicted molar refractivity (Wildman–Crippen MR) is 143 cm³/mol. The molecule has 3 aromatic carbocycles. The molecule has 12 heteroatoms. The smallest absolute Gasteiger partial charge is 0.339 e. The van der Waals surface area contributed by atoms with E-state index in [0.717, 1.165) is 4.90 Å². The highest BCUT2D eigenvalue weighted by atomic mass is 79.9. The lowest BCUT2D eigenvalue weighted by atomic mass is 10.2. The first-order valence-electron chi connectivity index (χ1n) is 10.6. The van der Waals surface area contributed by atoms with Crippen LogP contribution in [0.5, 0.6) is 11.5 Å². The van der Waals surface area contributed by atoms with E-state index in [-0.39, 0.29) is 15.6 Å². The second-order valence-corrected chi connectivity index (χ2v) is 11.0. The molecule has 0 aromatic heterocycles. The van der Waals surface area contributed by atoms with Gasteiger partial charge in [0.15, 0.2) is 5.75 Å². The summed E-state index contributed by atoms with van der Waals surface area (Å²) < 4.78 is 35.8. The number of amides is 3. The van der Waals surface area contributed by atoms with Gasteiger partial charge in [-0.2, -0.15) is 8.42 Å². The number of benzene rings is 3. The highest BCUT2D eigenvalue weighted by molar-refractivity contribution is 9.10. The number of carbonyl (C=O) groups is 3. The molecule has 1 saturated heterocycles. The molecule has 9 nitrogen and oxygen atoms in total. The molecule has 0 aliphatic carbocycles. The first kappa shape index (κ1) is 26.5. The zero-order chi connectivity index (χ0) is 26.6. The number of hydrogen-bond donors (Lipinski definition) is 1. The average Bonchev–Trinajstić information content (AvgIpc) is 3.13. The Morgan fingerprint density at radius 1 is 1.05 bits per heavy atom. The molecule has 1 aliphatic heterocycles. The Balaban J connectivity index is 1.45. The van der Waals surface area contributed by atoms with E-state index < -0.39 is 33.7 Å². The normalized spacial score (nSPS) is 14.6. The summed E-state index contributed by atoms with van der Waals surface area (Å²) in [5, 5.41) is 2.07. The molecule has 3 amide bonds. The molecule has 1 fully saturated rings. The number of para-hydroxylation sites is 1. The summed E-state index contributed by atoms with van der Waals surface area (Å²) in [5.74, 6) is -0.557. The van der Waals surface area contributed by atoms with Crippen LogP contribution < -0.4 is 14.2 Å². The SMILES string of the molecule is COc1ccc(S(=O)(=O)Oc2ccc(/C=C3\SC(=O)N(CC(=O)Nc4ccccc4)C3=O)cc2Br)cc1. The first-order chi connectivity index (χ1) is 17.7. The Morgan fingerprint density at radius 3 is 2.41 bits per heavy atom. The average molecular weight is 603 g/mol. The van der Waals surface area contributed by atoms with Gasteiger partial charge in [-0.15, -0.1) is 0 Å². The summed E-state index contributed by atoms with van der Waals surface area (Å²) >= 11 is 4.00. The molecule has 0 spiro atoms. The van der Waals surface area contributed by atoms with E-state index in [4.69, 9.17) is 8.92 Å². The number of methoxy groups -OCH3 is 1. The maximum absolute atomic E-state index is 12.8. The van der Waals surface area contributed by atoms with Crippen LogP contribution in [0, 0.1) is 0 Å². The van der Waals surface area contributed by atoms with Crippen LogP contribution in [0.1, 0.15) is 5.56 Å². The van der Waals surface area contributed by atoms with E-state index in [2.05, 4.69) is 21.2 Å². The van der Waals surface area contributed by atoms with Crippen LogP contribution in [0.25, 0.3) is 6.08 Å². The molecule has 0 bridgehead atoms. The van der Waals surface area contributed by atoms with Crippen molar-refractivity contribution in [3.05, 3.63) is 87.7 Å². The van der Waals surface area contributed by atoms with Crippen LogP contribution in [0.2, 0.25) is 0 Å².